The highest BCUT2D eigenvalue weighted by Gasteiger charge is 2.17. The molecule has 0 saturated carbocycles. The molecule has 2 N–H and O–H groups in total. The van der Waals surface area contributed by atoms with Crippen molar-refractivity contribution in [2.75, 3.05) is 13.6 Å². The van der Waals surface area contributed by atoms with Gasteiger partial charge in [0.25, 0.3) is 0 Å². The lowest BCUT2D eigenvalue weighted by Crippen LogP contribution is -2.31. The van der Waals surface area contributed by atoms with E-state index in [-0.39, 0.29) is 5.92 Å². The van der Waals surface area contributed by atoms with Gasteiger partial charge in [0.2, 0.25) is 0 Å². The fraction of sp³-hybridized carbons (Fsp3) is 0.250. The lowest BCUT2D eigenvalue weighted by atomic mass is 9.98. The minimum Gasteiger partial charge on any atom is -0.393 e. The van der Waals surface area contributed by atoms with Gasteiger partial charge in [-0.2, -0.15) is 0 Å². The number of benzene rings is 1. The maximum Gasteiger partial charge on any atom is 0.0816 e. The topological polar surface area (TPSA) is 42.2 Å². The maximum absolute atomic E-state index is 5.90. The molecule has 0 spiro atoms. The van der Waals surface area contributed by atoms with Crippen LogP contribution in [0.3, 0.4) is 0 Å². The van der Waals surface area contributed by atoms with Gasteiger partial charge in [-0.3, -0.25) is 9.88 Å². The van der Waals surface area contributed by atoms with E-state index in [1.54, 1.807) is 0 Å². The summed E-state index contributed by atoms with van der Waals surface area (Å²) in [6.45, 7) is 1.57. The summed E-state index contributed by atoms with van der Waals surface area (Å²) < 4.78 is 0. The largest absolute Gasteiger partial charge is 0.393 e. The molecule has 4 heteroatoms. The van der Waals surface area contributed by atoms with Gasteiger partial charge in [-0.25, -0.2) is 0 Å². The summed E-state index contributed by atoms with van der Waals surface area (Å²) in [6, 6.07) is 16.1. The van der Waals surface area contributed by atoms with Crippen LogP contribution in [0.1, 0.15) is 17.2 Å². The number of hydrogen-bond donors (Lipinski definition) is 1. The van der Waals surface area contributed by atoms with Crippen molar-refractivity contribution < 1.29 is 0 Å². The molecule has 1 heterocycles. The van der Waals surface area contributed by atoms with Crippen molar-refractivity contribution in [3.8, 4) is 0 Å². The van der Waals surface area contributed by atoms with E-state index in [2.05, 4.69) is 29.1 Å². The molecule has 0 aliphatic heterocycles. The Hall–Kier alpha value is -1.78. The number of hydrogen-bond acceptors (Lipinski definition) is 3. The van der Waals surface area contributed by atoms with Gasteiger partial charge >= 0.3 is 0 Å². The molecule has 3 nitrogen and oxygen atoms in total. The van der Waals surface area contributed by atoms with Crippen molar-refractivity contribution in [3.05, 3.63) is 66.0 Å². The summed E-state index contributed by atoms with van der Waals surface area (Å²) >= 11 is 5.22. The van der Waals surface area contributed by atoms with E-state index in [4.69, 9.17) is 18.0 Å². The number of nitrogens with two attached hydrogens (primary N) is 1. The van der Waals surface area contributed by atoms with Crippen molar-refractivity contribution in [1.82, 2.24) is 9.88 Å². The minimum absolute atomic E-state index is 0.0694. The van der Waals surface area contributed by atoms with Crippen LogP contribution >= 0.6 is 12.2 Å². The van der Waals surface area contributed by atoms with Crippen LogP contribution in [0.15, 0.2) is 54.7 Å². The molecule has 104 valence electrons. The summed E-state index contributed by atoms with van der Waals surface area (Å²) in [5, 5.41) is 0. The molecule has 1 aromatic carbocycles. The molecule has 20 heavy (non-hydrogen) atoms. The van der Waals surface area contributed by atoms with Gasteiger partial charge in [-0.05, 0) is 24.7 Å². The van der Waals surface area contributed by atoms with Crippen LogP contribution in [0.2, 0.25) is 0 Å². The Morgan fingerprint density at radius 1 is 1.20 bits per heavy atom. The molecular formula is C16H19N3S. The Balaban J connectivity index is 2.04. The molecule has 0 fully saturated rings. The first-order valence-corrected chi connectivity index (χ1v) is 7.00. The lowest BCUT2D eigenvalue weighted by Gasteiger charge is -2.23. The van der Waals surface area contributed by atoms with E-state index in [1.165, 1.54) is 0 Å². The molecule has 0 amide bonds. The molecule has 2 rings (SSSR count). The van der Waals surface area contributed by atoms with E-state index in [0.717, 1.165) is 24.3 Å². The molecule has 1 atom stereocenters. The predicted octanol–water partition coefficient (Wildman–Crippen LogP) is 2.58. The van der Waals surface area contributed by atoms with Gasteiger partial charge in [-0.15, -0.1) is 0 Å². The Morgan fingerprint density at radius 3 is 2.50 bits per heavy atom. The number of pyridine rings is 1. The second-order valence-electron chi connectivity index (χ2n) is 4.88. The zero-order valence-corrected chi connectivity index (χ0v) is 12.4. The Morgan fingerprint density at radius 2 is 1.90 bits per heavy atom. The van der Waals surface area contributed by atoms with Crippen LogP contribution in [-0.4, -0.2) is 28.5 Å². The van der Waals surface area contributed by atoms with E-state index < -0.39 is 0 Å². The van der Waals surface area contributed by atoms with Crippen LogP contribution in [0.4, 0.5) is 0 Å². The summed E-state index contributed by atoms with van der Waals surface area (Å²) in [7, 11) is 2.06. The monoisotopic (exact) mass is 285 g/mol. The van der Waals surface area contributed by atoms with Crippen LogP contribution < -0.4 is 5.73 Å². The van der Waals surface area contributed by atoms with Crippen molar-refractivity contribution in [3.63, 3.8) is 0 Å². The fourth-order valence-electron chi connectivity index (χ4n) is 2.19. The number of aromatic nitrogens is 1. The van der Waals surface area contributed by atoms with Crippen LogP contribution in [-0.2, 0) is 6.54 Å². The smallest absolute Gasteiger partial charge is 0.0816 e. The minimum atomic E-state index is 0.0694. The quantitative estimate of drug-likeness (QED) is 0.828. The number of thiocarbonyl (C=S) groups is 1. The van der Waals surface area contributed by atoms with Crippen LogP contribution in [0, 0.1) is 0 Å². The number of likely N-dealkylation sites (N-methyl/N-ethyl adjacent to an activating group) is 1. The molecule has 0 radical (unpaired) electrons. The number of nitrogens with zero attached hydrogens (tertiary/aromatic N) is 2. The maximum atomic E-state index is 5.90. The Kier molecular flexibility index (Phi) is 5.21. The van der Waals surface area contributed by atoms with Crippen molar-refractivity contribution >= 4 is 17.2 Å². The molecule has 2 aromatic rings. The Bertz CT molecular complexity index is 542. The van der Waals surface area contributed by atoms with Gasteiger partial charge in [0.15, 0.2) is 0 Å². The Labute approximate surface area is 125 Å². The SMILES string of the molecule is CN(Cc1ccccn1)CC(C(N)=S)c1ccccc1. The van der Waals surface area contributed by atoms with Crippen molar-refractivity contribution in [2.45, 2.75) is 12.5 Å². The molecule has 0 bridgehead atoms. The highest BCUT2D eigenvalue weighted by atomic mass is 32.1. The average molecular weight is 285 g/mol. The average Bonchev–Trinajstić information content (AvgIpc) is 2.46. The molecule has 0 saturated heterocycles. The first-order chi connectivity index (χ1) is 9.66. The number of rotatable bonds is 6. The molecular weight excluding hydrogens is 266 g/mol. The summed E-state index contributed by atoms with van der Waals surface area (Å²) in [5.74, 6) is 0.0694. The van der Waals surface area contributed by atoms with E-state index in [0.29, 0.717) is 4.99 Å². The molecule has 1 aromatic heterocycles. The van der Waals surface area contributed by atoms with E-state index >= 15 is 0 Å². The first-order valence-electron chi connectivity index (χ1n) is 6.59. The zero-order chi connectivity index (χ0) is 14.4. The molecule has 1 unspecified atom stereocenters. The second kappa shape index (κ2) is 7.12. The summed E-state index contributed by atoms with van der Waals surface area (Å²) in [4.78, 5) is 7.06. The van der Waals surface area contributed by atoms with Crippen molar-refractivity contribution in [2.24, 2.45) is 5.73 Å². The summed E-state index contributed by atoms with van der Waals surface area (Å²) in [6.07, 6.45) is 1.81. The van der Waals surface area contributed by atoms with Crippen LogP contribution in [0.5, 0.6) is 0 Å². The zero-order valence-electron chi connectivity index (χ0n) is 11.6. The standard InChI is InChI=1S/C16H19N3S/c1-19(11-14-9-5-6-10-18-14)12-15(16(17)20)13-7-3-2-4-8-13/h2-10,15H,11-12H2,1H3,(H2,17,20). The lowest BCUT2D eigenvalue weighted by molar-refractivity contribution is 0.319. The first kappa shape index (κ1) is 14.6. The van der Waals surface area contributed by atoms with Gasteiger partial charge in [0.1, 0.15) is 0 Å². The van der Waals surface area contributed by atoms with Gasteiger partial charge < -0.3 is 5.73 Å². The fourth-order valence-corrected chi connectivity index (χ4v) is 2.40. The van der Waals surface area contributed by atoms with Gasteiger partial charge in [0.05, 0.1) is 10.7 Å². The van der Waals surface area contributed by atoms with E-state index in [1.807, 2.05) is 42.6 Å². The summed E-state index contributed by atoms with van der Waals surface area (Å²) in [5.41, 5.74) is 8.11. The second-order valence-corrected chi connectivity index (χ2v) is 5.35. The highest BCUT2D eigenvalue weighted by molar-refractivity contribution is 7.80. The van der Waals surface area contributed by atoms with Crippen LogP contribution in [0.25, 0.3) is 0 Å². The normalized spacial score (nSPS) is 12.3. The molecule has 0 aliphatic rings. The highest BCUT2D eigenvalue weighted by Crippen LogP contribution is 2.17. The van der Waals surface area contributed by atoms with Gasteiger partial charge in [-0.1, -0.05) is 48.6 Å². The third-order valence-electron chi connectivity index (χ3n) is 3.20. The third-order valence-corrected chi connectivity index (χ3v) is 3.48. The van der Waals surface area contributed by atoms with Crippen molar-refractivity contribution in [1.29, 1.82) is 0 Å². The third kappa shape index (κ3) is 4.11. The predicted molar refractivity (Wildman–Crippen MR) is 86.5 cm³/mol. The van der Waals surface area contributed by atoms with Gasteiger partial charge in [0, 0.05) is 25.2 Å². The molecule has 0 aliphatic carbocycles. The van der Waals surface area contributed by atoms with E-state index in [9.17, 15) is 0 Å².